The van der Waals surface area contributed by atoms with Crippen molar-refractivity contribution < 1.29 is 13.2 Å². The third kappa shape index (κ3) is 5.32. The number of hydrogen-bond acceptors (Lipinski definition) is 3. The molecule has 7 heteroatoms. The molecule has 0 heterocycles. The SMILES string of the molecule is C=CCN(CCC(=O)Nc1ccccc1Cl)S(C)(=O)=O. The Morgan fingerprint density at radius 1 is 1.45 bits per heavy atom. The topological polar surface area (TPSA) is 66.5 Å². The summed E-state index contributed by atoms with van der Waals surface area (Å²) >= 11 is 5.92. The zero-order chi connectivity index (χ0) is 15.2. The van der Waals surface area contributed by atoms with Gasteiger partial charge in [0.15, 0.2) is 0 Å². The zero-order valence-corrected chi connectivity index (χ0v) is 12.7. The monoisotopic (exact) mass is 316 g/mol. The molecule has 0 aromatic heterocycles. The molecule has 1 aromatic carbocycles. The van der Waals surface area contributed by atoms with E-state index < -0.39 is 10.0 Å². The number of amides is 1. The van der Waals surface area contributed by atoms with Gasteiger partial charge in [0.2, 0.25) is 15.9 Å². The van der Waals surface area contributed by atoms with Crippen LogP contribution in [-0.4, -0.2) is 38.0 Å². The van der Waals surface area contributed by atoms with Crippen molar-refractivity contribution in [3.63, 3.8) is 0 Å². The molecule has 20 heavy (non-hydrogen) atoms. The molecular formula is C13H17ClN2O3S. The average Bonchev–Trinajstić information content (AvgIpc) is 2.36. The lowest BCUT2D eigenvalue weighted by atomic mass is 10.3. The highest BCUT2D eigenvalue weighted by atomic mass is 35.5. The van der Waals surface area contributed by atoms with Crippen LogP contribution in [0, 0.1) is 0 Å². The van der Waals surface area contributed by atoms with Gasteiger partial charge in [-0.15, -0.1) is 6.58 Å². The Labute approximate surface area is 124 Å². The van der Waals surface area contributed by atoms with Crippen molar-refractivity contribution in [3.8, 4) is 0 Å². The largest absolute Gasteiger partial charge is 0.325 e. The molecule has 5 nitrogen and oxygen atoms in total. The Morgan fingerprint density at radius 2 is 2.10 bits per heavy atom. The summed E-state index contributed by atoms with van der Waals surface area (Å²) in [7, 11) is -3.35. The molecule has 1 aromatic rings. The van der Waals surface area contributed by atoms with Gasteiger partial charge in [-0.3, -0.25) is 4.79 Å². The summed E-state index contributed by atoms with van der Waals surface area (Å²) in [4.78, 5) is 11.8. The molecule has 0 fully saturated rings. The van der Waals surface area contributed by atoms with Crippen molar-refractivity contribution in [2.45, 2.75) is 6.42 Å². The summed E-state index contributed by atoms with van der Waals surface area (Å²) < 4.78 is 24.1. The van der Waals surface area contributed by atoms with Gasteiger partial charge in [-0.1, -0.05) is 29.8 Å². The van der Waals surface area contributed by atoms with Gasteiger partial charge in [-0.25, -0.2) is 8.42 Å². The summed E-state index contributed by atoms with van der Waals surface area (Å²) in [5, 5.41) is 3.08. The summed E-state index contributed by atoms with van der Waals surface area (Å²) in [6.07, 6.45) is 2.63. The molecule has 1 rings (SSSR count). The second kappa shape index (κ2) is 7.42. The molecular weight excluding hydrogens is 300 g/mol. The summed E-state index contributed by atoms with van der Waals surface area (Å²) in [5.74, 6) is -0.296. The molecule has 0 aliphatic heterocycles. The van der Waals surface area contributed by atoms with Crippen LogP contribution in [0.2, 0.25) is 5.02 Å². The quantitative estimate of drug-likeness (QED) is 0.784. The smallest absolute Gasteiger partial charge is 0.225 e. The Bertz CT molecular complexity index is 587. The number of nitrogens with one attached hydrogen (secondary N) is 1. The highest BCUT2D eigenvalue weighted by molar-refractivity contribution is 7.88. The molecule has 0 atom stereocenters. The van der Waals surface area contributed by atoms with E-state index in [-0.39, 0.29) is 25.4 Å². The normalized spacial score (nSPS) is 11.3. The number of benzene rings is 1. The predicted octanol–water partition coefficient (Wildman–Crippen LogP) is 2.12. The number of anilines is 1. The minimum Gasteiger partial charge on any atom is -0.325 e. The summed E-state index contributed by atoms with van der Waals surface area (Å²) in [6.45, 7) is 3.77. The van der Waals surface area contributed by atoms with E-state index in [0.29, 0.717) is 10.7 Å². The number of carbonyl (C=O) groups excluding carboxylic acids is 1. The molecule has 0 radical (unpaired) electrons. The van der Waals surface area contributed by atoms with E-state index >= 15 is 0 Å². The van der Waals surface area contributed by atoms with Crippen LogP contribution in [0.4, 0.5) is 5.69 Å². The third-order valence-electron chi connectivity index (χ3n) is 2.54. The Morgan fingerprint density at radius 3 is 2.65 bits per heavy atom. The summed E-state index contributed by atoms with van der Waals surface area (Å²) in [6, 6.07) is 6.85. The maximum atomic E-state index is 11.8. The van der Waals surface area contributed by atoms with E-state index in [1.54, 1.807) is 24.3 Å². The van der Waals surface area contributed by atoms with Crippen molar-refractivity contribution in [2.24, 2.45) is 0 Å². The van der Waals surface area contributed by atoms with Crippen LogP contribution >= 0.6 is 11.6 Å². The van der Waals surface area contributed by atoms with Crippen LogP contribution in [0.1, 0.15) is 6.42 Å². The first-order chi connectivity index (χ1) is 9.34. The first kappa shape index (κ1) is 16.7. The second-order valence-corrected chi connectivity index (χ2v) is 6.58. The fraction of sp³-hybridized carbons (Fsp3) is 0.308. The second-order valence-electron chi connectivity index (χ2n) is 4.19. The highest BCUT2D eigenvalue weighted by Crippen LogP contribution is 2.20. The predicted molar refractivity (Wildman–Crippen MR) is 81.3 cm³/mol. The molecule has 0 saturated heterocycles. The first-order valence-corrected chi connectivity index (χ1v) is 8.17. The van der Waals surface area contributed by atoms with Crippen LogP contribution in [0.25, 0.3) is 0 Å². The highest BCUT2D eigenvalue weighted by Gasteiger charge is 2.16. The van der Waals surface area contributed by atoms with Gasteiger partial charge in [0, 0.05) is 19.5 Å². The lowest BCUT2D eigenvalue weighted by Gasteiger charge is -2.17. The number of para-hydroxylation sites is 1. The van der Waals surface area contributed by atoms with Crippen molar-refractivity contribution in [2.75, 3.05) is 24.7 Å². The molecule has 0 saturated carbocycles. The van der Waals surface area contributed by atoms with Crippen molar-refractivity contribution in [1.29, 1.82) is 0 Å². The average molecular weight is 317 g/mol. The number of halogens is 1. The van der Waals surface area contributed by atoms with Gasteiger partial charge in [-0.2, -0.15) is 4.31 Å². The van der Waals surface area contributed by atoms with Crippen LogP contribution in [0.15, 0.2) is 36.9 Å². The van der Waals surface area contributed by atoms with E-state index in [1.807, 2.05) is 0 Å². The summed E-state index contributed by atoms with van der Waals surface area (Å²) in [5.41, 5.74) is 0.508. The van der Waals surface area contributed by atoms with Gasteiger partial charge >= 0.3 is 0 Å². The van der Waals surface area contributed by atoms with Crippen molar-refractivity contribution in [1.82, 2.24) is 4.31 Å². The molecule has 110 valence electrons. The lowest BCUT2D eigenvalue weighted by molar-refractivity contribution is -0.116. The van der Waals surface area contributed by atoms with Crippen LogP contribution in [-0.2, 0) is 14.8 Å². The zero-order valence-electron chi connectivity index (χ0n) is 11.2. The van der Waals surface area contributed by atoms with E-state index in [9.17, 15) is 13.2 Å². The fourth-order valence-corrected chi connectivity index (χ4v) is 2.52. The first-order valence-electron chi connectivity index (χ1n) is 5.95. The molecule has 0 spiro atoms. The standard InChI is InChI=1S/C13H17ClN2O3S/c1-3-9-16(20(2,18)19)10-8-13(17)15-12-7-5-4-6-11(12)14/h3-7H,1,8-10H2,2H3,(H,15,17). The van der Waals surface area contributed by atoms with Crippen molar-refractivity contribution >= 4 is 33.2 Å². The number of nitrogens with zero attached hydrogens (tertiary/aromatic N) is 1. The minimum absolute atomic E-state index is 0.0478. The lowest BCUT2D eigenvalue weighted by Crippen LogP contribution is -2.33. The number of hydrogen-bond donors (Lipinski definition) is 1. The van der Waals surface area contributed by atoms with Gasteiger partial charge in [-0.05, 0) is 12.1 Å². The maximum absolute atomic E-state index is 11.8. The van der Waals surface area contributed by atoms with Gasteiger partial charge in [0.05, 0.1) is 17.0 Å². The number of sulfonamides is 1. The number of carbonyl (C=O) groups is 1. The Balaban J connectivity index is 2.59. The van der Waals surface area contributed by atoms with Crippen LogP contribution < -0.4 is 5.32 Å². The van der Waals surface area contributed by atoms with E-state index in [1.165, 1.54) is 10.4 Å². The third-order valence-corrected chi connectivity index (χ3v) is 4.14. The molecule has 0 aliphatic carbocycles. The Kier molecular flexibility index (Phi) is 6.19. The Hall–Kier alpha value is -1.37. The van der Waals surface area contributed by atoms with Gasteiger partial charge < -0.3 is 5.32 Å². The van der Waals surface area contributed by atoms with Gasteiger partial charge in [0.1, 0.15) is 0 Å². The number of rotatable bonds is 7. The van der Waals surface area contributed by atoms with Gasteiger partial charge in [0.25, 0.3) is 0 Å². The fourth-order valence-electron chi connectivity index (χ4n) is 1.54. The van der Waals surface area contributed by atoms with Crippen molar-refractivity contribution in [3.05, 3.63) is 41.9 Å². The molecule has 0 aliphatic rings. The van der Waals surface area contributed by atoms with Crippen LogP contribution in [0.3, 0.4) is 0 Å². The minimum atomic E-state index is -3.35. The maximum Gasteiger partial charge on any atom is 0.225 e. The van der Waals surface area contributed by atoms with E-state index in [4.69, 9.17) is 11.6 Å². The van der Waals surface area contributed by atoms with Crippen LogP contribution in [0.5, 0.6) is 0 Å². The molecule has 1 amide bonds. The molecule has 0 unspecified atom stereocenters. The van der Waals surface area contributed by atoms with E-state index in [0.717, 1.165) is 6.26 Å². The van der Waals surface area contributed by atoms with E-state index in [2.05, 4.69) is 11.9 Å². The molecule has 1 N–H and O–H groups in total. The molecule has 0 bridgehead atoms.